The van der Waals surface area contributed by atoms with Gasteiger partial charge in [-0.15, -0.1) is 0 Å². The van der Waals surface area contributed by atoms with E-state index >= 15 is 0 Å². The molecule has 1 fully saturated rings. The number of nitro benzene ring substituents is 1. The largest absolute Gasteiger partial charge is 0.423 e. The van der Waals surface area contributed by atoms with Crippen molar-refractivity contribution in [3.05, 3.63) is 27.8 Å². The molecule has 0 saturated carbocycles. The maximum absolute atomic E-state index is 13.3. The lowest BCUT2D eigenvalue weighted by Gasteiger charge is -2.30. The van der Waals surface area contributed by atoms with Crippen LogP contribution in [0.1, 0.15) is 17.3 Å². The molecule has 1 aromatic rings. The van der Waals surface area contributed by atoms with Gasteiger partial charge in [-0.3, -0.25) is 14.9 Å². The summed E-state index contributed by atoms with van der Waals surface area (Å²) in [5.41, 5.74) is -0.941. The summed E-state index contributed by atoms with van der Waals surface area (Å²) in [6, 6.07) is 2.58. The Hall–Kier alpha value is -2.29. The molecule has 7 nitrogen and oxygen atoms in total. The SMILES string of the molecule is CC(F)(F)Oc1c(N2CCOCC2)ccc(C=O)c1[N+](=O)[O-]. The lowest BCUT2D eigenvalue weighted by atomic mass is 10.1. The van der Waals surface area contributed by atoms with Crippen LogP contribution in [0.25, 0.3) is 0 Å². The quantitative estimate of drug-likeness (QED) is 0.471. The third-order valence-corrected chi connectivity index (χ3v) is 3.08. The molecule has 120 valence electrons. The van der Waals surface area contributed by atoms with Gasteiger partial charge < -0.3 is 14.4 Å². The van der Waals surface area contributed by atoms with Crippen molar-refractivity contribution in [2.45, 2.75) is 13.0 Å². The van der Waals surface area contributed by atoms with E-state index in [0.717, 1.165) is 0 Å². The predicted octanol–water partition coefficient (Wildman–Crippen LogP) is 2.24. The summed E-state index contributed by atoms with van der Waals surface area (Å²) in [6.45, 7) is 1.97. The summed E-state index contributed by atoms with van der Waals surface area (Å²) in [4.78, 5) is 22.9. The average Bonchev–Trinajstić information content (AvgIpc) is 2.45. The van der Waals surface area contributed by atoms with E-state index in [1.54, 1.807) is 4.90 Å². The zero-order valence-electron chi connectivity index (χ0n) is 11.8. The van der Waals surface area contributed by atoms with E-state index in [0.29, 0.717) is 33.2 Å². The van der Waals surface area contributed by atoms with Gasteiger partial charge in [0.2, 0.25) is 5.75 Å². The summed E-state index contributed by atoms with van der Waals surface area (Å²) < 4.78 is 36.2. The molecule has 0 atom stereocenters. The number of aldehydes is 1. The highest BCUT2D eigenvalue weighted by atomic mass is 19.3. The van der Waals surface area contributed by atoms with Crippen LogP contribution in [0.2, 0.25) is 0 Å². The molecule has 1 aromatic carbocycles. The van der Waals surface area contributed by atoms with Crippen LogP contribution in [-0.2, 0) is 4.74 Å². The van der Waals surface area contributed by atoms with Gasteiger partial charge in [-0.25, -0.2) is 0 Å². The van der Waals surface area contributed by atoms with Crippen LogP contribution < -0.4 is 9.64 Å². The number of halogens is 2. The van der Waals surface area contributed by atoms with Crippen molar-refractivity contribution < 1.29 is 28.0 Å². The lowest BCUT2D eigenvalue weighted by Crippen LogP contribution is -2.37. The minimum Gasteiger partial charge on any atom is -0.423 e. The highest BCUT2D eigenvalue weighted by Crippen LogP contribution is 2.42. The van der Waals surface area contributed by atoms with Crippen molar-refractivity contribution in [3.8, 4) is 5.75 Å². The first-order valence-electron chi connectivity index (χ1n) is 6.49. The minimum absolute atomic E-state index is 0.141. The Morgan fingerprint density at radius 2 is 2.05 bits per heavy atom. The first-order valence-corrected chi connectivity index (χ1v) is 6.49. The smallest absolute Gasteiger partial charge is 0.395 e. The molecule has 0 unspecified atom stereocenters. The molecule has 0 aromatic heterocycles. The van der Waals surface area contributed by atoms with E-state index in [9.17, 15) is 23.7 Å². The van der Waals surface area contributed by atoms with Gasteiger partial charge >= 0.3 is 11.8 Å². The fraction of sp³-hybridized carbons (Fsp3) is 0.462. The Morgan fingerprint density at radius 3 is 2.55 bits per heavy atom. The molecule has 0 radical (unpaired) electrons. The van der Waals surface area contributed by atoms with Crippen LogP contribution >= 0.6 is 0 Å². The van der Waals surface area contributed by atoms with Gasteiger partial charge in [0.25, 0.3) is 0 Å². The number of nitro groups is 1. The van der Waals surface area contributed by atoms with Crippen molar-refractivity contribution in [2.75, 3.05) is 31.2 Å². The highest BCUT2D eigenvalue weighted by Gasteiger charge is 2.34. The van der Waals surface area contributed by atoms with Gasteiger partial charge in [-0.05, 0) is 12.1 Å². The molecule has 1 heterocycles. The molecule has 0 N–H and O–H groups in total. The van der Waals surface area contributed by atoms with E-state index in [1.807, 2.05) is 0 Å². The third-order valence-electron chi connectivity index (χ3n) is 3.08. The molecule has 1 aliphatic rings. The highest BCUT2D eigenvalue weighted by molar-refractivity contribution is 5.87. The van der Waals surface area contributed by atoms with Crippen LogP contribution in [0.5, 0.6) is 5.75 Å². The number of ether oxygens (including phenoxy) is 2. The molecule has 9 heteroatoms. The second-order valence-electron chi connectivity index (χ2n) is 4.74. The number of carbonyl (C=O) groups is 1. The summed E-state index contributed by atoms with van der Waals surface area (Å²) in [6.07, 6.45) is -3.38. The average molecular weight is 316 g/mol. The number of nitrogens with zero attached hydrogens (tertiary/aromatic N) is 2. The van der Waals surface area contributed by atoms with Crippen LogP contribution in [-0.4, -0.2) is 43.6 Å². The number of morpholine rings is 1. The maximum atomic E-state index is 13.3. The first kappa shape index (κ1) is 16.1. The van der Waals surface area contributed by atoms with E-state index in [-0.39, 0.29) is 17.5 Å². The molecule has 1 saturated heterocycles. The Morgan fingerprint density at radius 1 is 1.41 bits per heavy atom. The van der Waals surface area contributed by atoms with Crippen LogP contribution in [0, 0.1) is 10.1 Å². The number of benzene rings is 1. The Balaban J connectivity index is 2.58. The molecule has 0 spiro atoms. The maximum Gasteiger partial charge on any atom is 0.395 e. The van der Waals surface area contributed by atoms with E-state index in [1.165, 1.54) is 12.1 Å². The molecular formula is C13H14F2N2O5. The summed E-state index contributed by atoms with van der Waals surface area (Å²) in [5, 5.41) is 11.2. The van der Waals surface area contributed by atoms with Gasteiger partial charge in [0, 0.05) is 20.0 Å². The minimum atomic E-state index is -3.62. The van der Waals surface area contributed by atoms with E-state index in [4.69, 9.17) is 4.74 Å². The van der Waals surface area contributed by atoms with Crippen molar-refractivity contribution in [2.24, 2.45) is 0 Å². The van der Waals surface area contributed by atoms with E-state index in [2.05, 4.69) is 4.74 Å². The molecule has 2 rings (SSSR count). The number of anilines is 1. The summed E-state index contributed by atoms with van der Waals surface area (Å²) in [7, 11) is 0. The molecule has 0 aliphatic carbocycles. The second-order valence-corrected chi connectivity index (χ2v) is 4.74. The molecule has 0 bridgehead atoms. The fourth-order valence-corrected chi connectivity index (χ4v) is 2.19. The number of carbonyl (C=O) groups excluding carboxylic acids is 1. The monoisotopic (exact) mass is 316 g/mol. The molecule has 0 amide bonds. The normalized spacial score (nSPS) is 15.5. The topological polar surface area (TPSA) is 81.9 Å². The second kappa shape index (κ2) is 6.22. The van der Waals surface area contributed by atoms with Gasteiger partial charge in [-0.1, -0.05) is 0 Å². The Bertz CT molecular complexity index is 583. The summed E-state index contributed by atoms with van der Waals surface area (Å²) in [5.74, 6) is -0.607. The number of alkyl halides is 2. The standard InChI is InChI=1S/C13H14F2N2O5/c1-13(14,15)22-12-10(16-4-6-21-7-5-16)3-2-9(8-18)11(12)17(19)20/h2-3,8H,4-7H2,1H3. The molecular weight excluding hydrogens is 302 g/mol. The Labute approximate surface area is 124 Å². The molecule has 1 aliphatic heterocycles. The van der Waals surface area contributed by atoms with Crippen LogP contribution in [0.15, 0.2) is 12.1 Å². The summed E-state index contributed by atoms with van der Waals surface area (Å²) >= 11 is 0. The zero-order valence-corrected chi connectivity index (χ0v) is 11.8. The van der Waals surface area contributed by atoms with Gasteiger partial charge in [0.1, 0.15) is 0 Å². The predicted molar refractivity (Wildman–Crippen MR) is 72.8 cm³/mol. The van der Waals surface area contributed by atoms with Gasteiger partial charge in [-0.2, -0.15) is 8.78 Å². The molecule has 22 heavy (non-hydrogen) atoms. The van der Waals surface area contributed by atoms with Crippen molar-refractivity contribution in [1.82, 2.24) is 0 Å². The van der Waals surface area contributed by atoms with Gasteiger partial charge in [0.05, 0.1) is 29.4 Å². The van der Waals surface area contributed by atoms with E-state index < -0.39 is 22.5 Å². The Kier molecular flexibility index (Phi) is 4.55. The van der Waals surface area contributed by atoms with Crippen LogP contribution in [0.3, 0.4) is 0 Å². The zero-order chi connectivity index (χ0) is 16.3. The lowest BCUT2D eigenvalue weighted by molar-refractivity contribution is -0.387. The van der Waals surface area contributed by atoms with Crippen molar-refractivity contribution >= 4 is 17.7 Å². The number of rotatable bonds is 5. The third kappa shape index (κ3) is 3.48. The first-order chi connectivity index (χ1) is 10.3. The van der Waals surface area contributed by atoms with Crippen molar-refractivity contribution in [1.29, 1.82) is 0 Å². The fourth-order valence-electron chi connectivity index (χ4n) is 2.19. The number of hydrogen-bond donors (Lipinski definition) is 0. The van der Waals surface area contributed by atoms with Gasteiger partial charge in [0.15, 0.2) is 6.29 Å². The van der Waals surface area contributed by atoms with Crippen LogP contribution in [0.4, 0.5) is 20.2 Å². The number of hydrogen-bond acceptors (Lipinski definition) is 6. The van der Waals surface area contributed by atoms with Crippen molar-refractivity contribution in [3.63, 3.8) is 0 Å².